The number of esters is 2. The molecule has 8 bridgehead atoms. The van der Waals surface area contributed by atoms with Crippen LogP contribution in [0.15, 0.2) is 0 Å². The number of unbranched alkanes of at least 4 members (excludes halogenated alkanes) is 3. The summed E-state index contributed by atoms with van der Waals surface area (Å²) in [5.41, 5.74) is -2.41. The topological polar surface area (TPSA) is 52.6 Å². The summed E-state index contributed by atoms with van der Waals surface area (Å²) in [6, 6.07) is 0. The third-order valence-corrected chi connectivity index (χ3v) is 13.8. The van der Waals surface area contributed by atoms with Gasteiger partial charge in [-0.2, -0.15) is 17.6 Å². The van der Waals surface area contributed by atoms with E-state index in [9.17, 15) is 9.59 Å². The molecule has 43 heavy (non-hydrogen) atoms. The molecule has 4 nitrogen and oxygen atoms in total. The number of carbonyl (C=O) groups is 2. The van der Waals surface area contributed by atoms with Crippen molar-refractivity contribution in [3.63, 3.8) is 0 Å². The van der Waals surface area contributed by atoms with Gasteiger partial charge in [-0.3, -0.25) is 0 Å². The zero-order valence-corrected chi connectivity index (χ0v) is 26.5. The summed E-state index contributed by atoms with van der Waals surface area (Å²) < 4.78 is 74.0. The first-order chi connectivity index (χ1) is 20.3. The largest absolute Gasteiger partial charge is 0.454 e. The van der Waals surface area contributed by atoms with Crippen LogP contribution in [0.2, 0.25) is 0 Å². The van der Waals surface area contributed by atoms with E-state index in [4.69, 9.17) is 9.47 Å². The van der Waals surface area contributed by atoms with Gasteiger partial charge in [-0.15, -0.1) is 0 Å². The number of rotatable bonds is 12. The fourth-order valence-electron chi connectivity index (χ4n) is 12.1. The van der Waals surface area contributed by atoms with E-state index in [1.165, 1.54) is 0 Å². The van der Waals surface area contributed by atoms with Crippen LogP contribution in [0.25, 0.3) is 0 Å². The van der Waals surface area contributed by atoms with Crippen LogP contribution in [0.1, 0.15) is 124 Å². The van der Waals surface area contributed by atoms with E-state index in [0.29, 0.717) is 36.5 Å². The first kappa shape index (κ1) is 31.6. The Bertz CT molecular complexity index is 1080. The molecule has 0 amide bonds. The van der Waals surface area contributed by atoms with Crippen molar-refractivity contribution in [1.82, 2.24) is 0 Å². The molecule has 8 fully saturated rings. The van der Waals surface area contributed by atoms with Gasteiger partial charge in [-0.25, -0.2) is 9.59 Å². The maximum Gasteiger partial charge on any atom is 0.415 e. The summed E-state index contributed by atoms with van der Waals surface area (Å²) in [6.45, 7) is 7.89. The second-order valence-corrected chi connectivity index (χ2v) is 15.8. The molecule has 8 heteroatoms. The maximum absolute atomic E-state index is 15.7. The molecule has 12 atom stereocenters. The highest BCUT2D eigenvalue weighted by Gasteiger charge is 2.73. The second-order valence-electron chi connectivity index (χ2n) is 15.8. The Morgan fingerprint density at radius 1 is 0.674 bits per heavy atom. The van der Waals surface area contributed by atoms with Crippen LogP contribution >= 0.6 is 0 Å². The molecular weight excluding hydrogens is 560 g/mol. The monoisotopic (exact) mass is 612 g/mol. The summed E-state index contributed by atoms with van der Waals surface area (Å²) in [5.74, 6) is -13.3. The van der Waals surface area contributed by atoms with Gasteiger partial charge < -0.3 is 9.47 Å². The van der Waals surface area contributed by atoms with Crippen molar-refractivity contribution in [2.24, 2.45) is 59.2 Å². The molecule has 0 N–H and O–H groups in total. The fourth-order valence-corrected chi connectivity index (χ4v) is 12.1. The lowest BCUT2D eigenvalue weighted by Gasteiger charge is -2.63. The average molecular weight is 613 g/mol. The number of hydrogen-bond acceptors (Lipinski definition) is 4. The third kappa shape index (κ3) is 4.79. The minimum atomic E-state index is -5.32. The Balaban J connectivity index is 1.23. The van der Waals surface area contributed by atoms with Gasteiger partial charge in [-0.05, 0) is 118 Å². The first-order valence-corrected chi connectivity index (χ1v) is 17.5. The van der Waals surface area contributed by atoms with E-state index in [2.05, 4.69) is 20.8 Å². The summed E-state index contributed by atoms with van der Waals surface area (Å²) in [7, 11) is 0. The van der Waals surface area contributed by atoms with Gasteiger partial charge in [0.1, 0.15) is 11.2 Å². The standard InChI is InChI=1S/C35H52F4O4/c1-5-8-9-10-11-33(25-15-21-13-23(19-25)27(7-3)29(33)17-21)43-31(41)35(38,39)34(36,37)30(40)42-32(4)24-14-20-12-22(18-24)26(6-2)28(32)16-20/h20-29H,5-19H2,1-4H3. The Hall–Kier alpha value is -1.34. The SMILES string of the molecule is CCCCCCC1(OC(=O)C(F)(F)C(F)(F)C(=O)OC2(C)C3CC4CC(C3)C(CC)C2C4)C2CC3CC(C2)C(CC)C1C3. The summed E-state index contributed by atoms with van der Waals surface area (Å²) in [4.78, 5) is 26.5. The number of halogens is 4. The minimum absolute atomic E-state index is 0.0994. The number of alkyl halides is 4. The molecule has 8 saturated carbocycles. The maximum atomic E-state index is 15.7. The molecule has 244 valence electrons. The minimum Gasteiger partial charge on any atom is -0.454 e. The van der Waals surface area contributed by atoms with Gasteiger partial charge in [0.2, 0.25) is 0 Å². The zero-order chi connectivity index (χ0) is 30.9. The molecule has 0 radical (unpaired) electrons. The van der Waals surface area contributed by atoms with Gasteiger partial charge in [0.05, 0.1) is 0 Å². The van der Waals surface area contributed by atoms with Crippen LogP contribution in [0.3, 0.4) is 0 Å². The predicted octanol–water partition coefficient (Wildman–Crippen LogP) is 9.00. The molecule has 8 rings (SSSR count). The van der Waals surface area contributed by atoms with Crippen molar-refractivity contribution >= 4 is 11.9 Å². The predicted molar refractivity (Wildman–Crippen MR) is 154 cm³/mol. The Morgan fingerprint density at radius 3 is 1.81 bits per heavy atom. The lowest BCUT2D eigenvalue weighted by molar-refractivity contribution is -0.278. The Morgan fingerprint density at radius 2 is 1.21 bits per heavy atom. The lowest BCUT2D eigenvalue weighted by atomic mass is 9.45. The zero-order valence-electron chi connectivity index (χ0n) is 26.5. The van der Waals surface area contributed by atoms with Crippen molar-refractivity contribution in [2.45, 2.75) is 147 Å². The van der Waals surface area contributed by atoms with Crippen molar-refractivity contribution in [2.75, 3.05) is 0 Å². The van der Waals surface area contributed by atoms with Gasteiger partial charge in [0.25, 0.3) is 0 Å². The van der Waals surface area contributed by atoms with E-state index in [1.807, 2.05) is 0 Å². The van der Waals surface area contributed by atoms with Crippen LogP contribution in [-0.4, -0.2) is 35.0 Å². The van der Waals surface area contributed by atoms with Gasteiger partial charge in [0.15, 0.2) is 0 Å². The van der Waals surface area contributed by atoms with E-state index < -0.39 is 35.0 Å². The van der Waals surface area contributed by atoms with Crippen molar-refractivity contribution in [1.29, 1.82) is 0 Å². The second kappa shape index (κ2) is 11.2. The summed E-state index contributed by atoms with van der Waals surface area (Å²) in [6.07, 6.45) is 12.5. The number of hydrogen-bond donors (Lipinski definition) is 0. The molecule has 12 unspecified atom stereocenters. The molecular formula is C35H52F4O4. The van der Waals surface area contributed by atoms with Gasteiger partial charge in [0, 0.05) is 11.8 Å². The molecule has 0 saturated heterocycles. The smallest absolute Gasteiger partial charge is 0.415 e. The highest BCUT2D eigenvalue weighted by molar-refractivity contribution is 5.90. The van der Waals surface area contributed by atoms with E-state index >= 15 is 17.6 Å². The average Bonchev–Trinajstić information content (AvgIpc) is 2.96. The Labute approximate surface area is 254 Å². The van der Waals surface area contributed by atoms with Crippen LogP contribution in [-0.2, 0) is 19.1 Å². The molecule has 0 aromatic carbocycles. The lowest BCUT2D eigenvalue weighted by Crippen LogP contribution is -2.66. The Kier molecular flexibility index (Phi) is 8.22. The fraction of sp³-hybridized carbons (Fsp3) is 0.943. The molecule has 0 aromatic rings. The quantitative estimate of drug-likeness (QED) is 0.125. The number of carbonyl (C=O) groups excluding carboxylic acids is 2. The molecule has 0 spiro atoms. The summed E-state index contributed by atoms with van der Waals surface area (Å²) >= 11 is 0. The van der Waals surface area contributed by atoms with Crippen LogP contribution in [0.5, 0.6) is 0 Å². The van der Waals surface area contributed by atoms with Crippen LogP contribution < -0.4 is 0 Å². The highest BCUT2D eigenvalue weighted by atomic mass is 19.3. The molecule has 0 aliphatic heterocycles. The van der Waals surface area contributed by atoms with Crippen LogP contribution in [0.4, 0.5) is 17.6 Å². The normalized spacial score (nSPS) is 44.6. The van der Waals surface area contributed by atoms with E-state index in [0.717, 1.165) is 83.5 Å². The molecule has 8 aliphatic carbocycles. The van der Waals surface area contributed by atoms with Crippen LogP contribution in [0, 0.1) is 59.2 Å². The van der Waals surface area contributed by atoms with Crippen molar-refractivity contribution < 1.29 is 36.6 Å². The van der Waals surface area contributed by atoms with Crippen molar-refractivity contribution in [3.8, 4) is 0 Å². The molecule has 0 aromatic heterocycles. The molecule has 0 heterocycles. The van der Waals surface area contributed by atoms with E-state index in [1.54, 1.807) is 6.92 Å². The first-order valence-electron chi connectivity index (χ1n) is 17.5. The highest BCUT2D eigenvalue weighted by Crippen LogP contribution is 2.65. The summed E-state index contributed by atoms with van der Waals surface area (Å²) in [5, 5.41) is 0. The van der Waals surface area contributed by atoms with Gasteiger partial charge >= 0.3 is 23.8 Å². The van der Waals surface area contributed by atoms with E-state index in [-0.39, 0.29) is 35.5 Å². The molecule has 8 aliphatic rings. The number of ether oxygens (including phenoxy) is 2. The van der Waals surface area contributed by atoms with Gasteiger partial charge in [-0.1, -0.05) is 52.9 Å². The van der Waals surface area contributed by atoms with Crippen molar-refractivity contribution in [3.05, 3.63) is 0 Å². The third-order valence-electron chi connectivity index (χ3n) is 13.8.